The Morgan fingerprint density at radius 1 is 1.18 bits per heavy atom. The molecule has 2 amide bonds. The van der Waals surface area contributed by atoms with Gasteiger partial charge >= 0.3 is 5.97 Å². The molecule has 0 radical (unpaired) electrons. The largest absolute Gasteiger partial charge is 0.461 e. The zero-order chi connectivity index (χ0) is 24.3. The van der Waals surface area contributed by atoms with E-state index in [0.717, 1.165) is 31.2 Å². The minimum atomic E-state index is -1.19. The third-order valence-corrected chi connectivity index (χ3v) is 6.97. The molecule has 9 heteroatoms. The fourth-order valence-corrected chi connectivity index (χ4v) is 4.86. The minimum Gasteiger partial charge on any atom is -0.461 e. The Kier molecular flexibility index (Phi) is 7.26. The normalized spacial score (nSPS) is 21.0. The van der Waals surface area contributed by atoms with Crippen molar-refractivity contribution in [3.05, 3.63) is 52.3 Å². The lowest BCUT2D eigenvalue weighted by molar-refractivity contribution is -0.134. The number of amides is 2. The topological polar surface area (TPSA) is 93.5 Å². The molecule has 0 spiro atoms. The van der Waals surface area contributed by atoms with Crippen molar-refractivity contribution in [1.82, 2.24) is 20.0 Å². The number of esters is 1. The van der Waals surface area contributed by atoms with Gasteiger partial charge < -0.3 is 15.0 Å². The van der Waals surface area contributed by atoms with Crippen LogP contribution in [0.3, 0.4) is 0 Å². The van der Waals surface area contributed by atoms with Crippen molar-refractivity contribution in [2.24, 2.45) is 0 Å². The number of carbonyl (C=O) groups is 3. The summed E-state index contributed by atoms with van der Waals surface area (Å²) in [7, 11) is 0. The first-order chi connectivity index (χ1) is 16.3. The van der Waals surface area contributed by atoms with Gasteiger partial charge in [0.05, 0.1) is 13.2 Å². The van der Waals surface area contributed by atoms with Gasteiger partial charge in [0, 0.05) is 23.7 Å². The molecule has 2 aliphatic rings. The number of aromatic nitrogens is 2. The number of benzene rings is 1. The molecule has 1 aliphatic heterocycles. The number of nitrogens with zero attached hydrogens (tertiary/aromatic N) is 3. The number of hydrogen-bond acceptors (Lipinski definition) is 5. The smallest absolute Gasteiger partial charge is 0.358 e. The van der Waals surface area contributed by atoms with Crippen LogP contribution in [0.1, 0.15) is 78.9 Å². The van der Waals surface area contributed by atoms with E-state index >= 15 is 0 Å². The molecule has 1 atom stereocenters. The predicted octanol–water partition coefficient (Wildman–Crippen LogP) is 3.97. The van der Waals surface area contributed by atoms with E-state index in [4.69, 9.17) is 16.3 Å². The Morgan fingerprint density at radius 2 is 1.85 bits per heavy atom. The van der Waals surface area contributed by atoms with Crippen LogP contribution in [0.15, 0.2) is 30.3 Å². The van der Waals surface area contributed by atoms with Crippen molar-refractivity contribution in [3.63, 3.8) is 0 Å². The van der Waals surface area contributed by atoms with Gasteiger partial charge in [0.25, 0.3) is 5.91 Å². The molecule has 1 aromatic carbocycles. The maximum absolute atomic E-state index is 13.7. The molecule has 1 N–H and O–H groups in total. The summed E-state index contributed by atoms with van der Waals surface area (Å²) in [6, 6.07) is 8.74. The van der Waals surface area contributed by atoms with Crippen molar-refractivity contribution >= 4 is 29.4 Å². The van der Waals surface area contributed by atoms with Gasteiger partial charge in [-0.2, -0.15) is 5.10 Å². The van der Waals surface area contributed by atoms with E-state index in [1.165, 1.54) is 23.6 Å². The van der Waals surface area contributed by atoms with E-state index in [1.54, 1.807) is 30.9 Å². The van der Waals surface area contributed by atoms with Crippen LogP contribution < -0.4 is 5.32 Å². The molecule has 1 fully saturated rings. The predicted molar refractivity (Wildman–Crippen MR) is 128 cm³/mol. The molecule has 1 aliphatic carbocycles. The minimum absolute atomic E-state index is 0.0602. The summed E-state index contributed by atoms with van der Waals surface area (Å²) < 4.78 is 6.51. The van der Waals surface area contributed by atoms with Crippen molar-refractivity contribution in [3.8, 4) is 0 Å². The third kappa shape index (κ3) is 4.97. The fraction of sp³-hybridized carbons (Fsp3) is 0.520. The summed E-state index contributed by atoms with van der Waals surface area (Å²) in [6.45, 7) is 4.05. The highest BCUT2D eigenvalue weighted by Gasteiger charge is 2.48. The van der Waals surface area contributed by atoms with Crippen LogP contribution in [0.4, 0.5) is 0 Å². The lowest BCUT2D eigenvalue weighted by Gasteiger charge is -2.44. The van der Waals surface area contributed by atoms with E-state index in [-0.39, 0.29) is 48.9 Å². The number of carbonyl (C=O) groups excluding carboxylic acids is 3. The Labute approximate surface area is 204 Å². The summed E-state index contributed by atoms with van der Waals surface area (Å²) in [5.41, 5.74) is -0.0137. The Balaban J connectivity index is 1.67. The number of nitrogens with one attached hydrogen (secondary N) is 1. The Morgan fingerprint density at radius 3 is 2.50 bits per heavy atom. The number of ether oxygens (including phenoxy) is 1. The number of hydrogen-bond donors (Lipinski definition) is 1. The maximum Gasteiger partial charge on any atom is 0.358 e. The van der Waals surface area contributed by atoms with Crippen LogP contribution in [0.5, 0.6) is 0 Å². The van der Waals surface area contributed by atoms with Crippen molar-refractivity contribution in [2.45, 2.75) is 77.0 Å². The lowest BCUT2D eigenvalue weighted by atomic mass is 9.93. The Bertz CT molecular complexity index is 1060. The summed E-state index contributed by atoms with van der Waals surface area (Å²) in [5.74, 6) is -1.16. The highest BCUT2D eigenvalue weighted by atomic mass is 35.5. The van der Waals surface area contributed by atoms with Crippen molar-refractivity contribution in [2.75, 3.05) is 6.61 Å². The highest BCUT2D eigenvalue weighted by Crippen LogP contribution is 2.30. The molecule has 182 valence electrons. The van der Waals surface area contributed by atoms with Gasteiger partial charge in [-0.05, 0) is 44.4 Å². The van der Waals surface area contributed by atoms with Gasteiger partial charge in [0.15, 0.2) is 5.69 Å². The van der Waals surface area contributed by atoms with Crippen molar-refractivity contribution in [1.29, 1.82) is 0 Å². The molecule has 0 saturated heterocycles. The van der Waals surface area contributed by atoms with Crippen LogP contribution in [0, 0.1) is 0 Å². The summed E-state index contributed by atoms with van der Waals surface area (Å²) >= 11 is 6.04. The molecular formula is C25H31ClN4O4. The van der Waals surface area contributed by atoms with Crippen LogP contribution in [0.2, 0.25) is 5.02 Å². The zero-order valence-electron chi connectivity index (χ0n) is 19.7. The van der Waals surface area contributed by atoms with E-state index < -0.39 is 11.5 Å². The van der Waals surface area contributed by atoms with Gasteiger partial charge in [-0.1, -0.05) is 49.4 Å². The van der Waals surface area contributed by atoms with Gasteiger partial charge in [-0.15, -0.1) is 0 Å². The summed E-state index contributed by atoms with van der Waals surface area (Å²) in [4.78, 5) is 41.2. The third-order valence-electron chi connectivity index (χ3n) is 6.72. The summed E-state index contributed by atoms with van der Waals surface area (Å²) in [6.07, 6.45) is 6.40. The van der Waals surface area contributed by atoms with Gasteiger partial charge in [-0.3, -0.25) is 14.3 Å². The highest BCUT2D eigenvalue weighted by molar-refractivity contribution is 6.30. The van der Waals surface area contributed by atoms with Crippen LogP contribution in [-0.2, 0) is 22.6 Å². The number of rotatable bonds is 6. The molecule has 0 bridgehead atoms. The monoisotopic (exact) mass is 486 g/mol. The average molecular weight is 487 g/mol. The number of halogens is 1. The molecule has 2 heterocycles. The first-order valence-corrected chi connectivity index (χ1v) is 12.3. The molecule has 2 aromatic rings. The fourth-order valence-electron chi connectivity index (χ4n) is 4.73. The van der Waals surface area contributed by atoms with Crippen LogP contribution in [0.25, 0.3) is 0 Å². The average Bonchev–Trinajstić information content (AvgIpc) is 3.07. The van der Waals surface area contributed by atoms with E-state index in [9.17, 15) is 14.4 Å². The lowest BCUT2D eigenvalue weighted by Crippen LogP contribution is -2.64. The molecule has 34 heavy (non-hydrogen) atoms. The molecular weight excluding hydrogens is 456 g/mol. The van der Waals surface area contributed by atoms with E-state index in [2.05, 4.69) is 10.4 Å². The summed E-state index contributed by atoms with van der Waals surface area (Å²) in [5, 5.41) is 8.12. The molecule has 0 unspecified atom stereocenters. The molecule has 1 aromatic heterocycles. The molecule has 4 rings (SSSR count). The first kappa shape index (κ1) is 24.3. The number of fused-ring (bicyclic) bond motifs is 1. The molecule has 1 saturated carbocycles. The standard InChI is InChI=1S/C25H31ClN4O4/c1-3-34-23(32)20-14-21-22(31)29(15-17-10-12-18(26)13-11-17)25(2,16-30(21)28-20)24(33)27-19-8-6-4-5-7-9-19/h10-14,19H,3-9,15-16H2,1-2H3,(H,27,33)/t25-/m0/s1. The Hall–Kier alpha value is -2.87. The van der Waals surface area contributed by atoms with Gasteiger partial charge in [0.1, 0.15) is 11.2 Å². The SMILES string of the molecule is CCOC(=O)c1cc2n(n1)C[C@@](C)(C(=O)NC1CCCCCC1)N(Cc1ccc(Cl)cc1)C2=O. The van der Waals surface area contributed by atoms with Gasteiger partial charge in [-0.25, -0.2) is 4.79 Å². The van der Waals surface area contributed by atoms with Crippen molar-refractivity contribution < 1.29 is 19.1 Å². The second-order valence-corrected chi connectivity index (χ2v) is 9.68. The van der Waals surface area contributed by atoms with Crippen LogP contribution >= 0.6 is 11.6 Å². The first-order valence-electron chi connectivity index (χ1n) is 11.9. The van der Waals surface area contributed by atoms with E-state index in [0.29, 0.717) is 5.02 Å². The van der Waals surface area contributed by atoms with Crippen LogP contribution in [-0.4, -0.2) is 50.7 Å². The van der Waals surface area contributed by atoms with E-state index in [1.807, 2.05) is 12.1 Å². The second kappa shape index (κ2) is 10.2. The maximum atomic E-state index is 13.7. The van der Waals surface area contributed by atoms with Gasteiger partial charge in [0.2, 0.25) is 5.91 Å². The second-order valence-electron chi connectivity index (χ2n) is 9.25. The zero-order valence-corrected chi connectivity index (χ0v) is 20.4. The molecule has 8 nitrogen and oxygen atoms in total. The quantitative estimate of drug-likeness (QED) is 0.492.